The van der Waals surface area contributed by atoms with Gasteiger partial charge in [-0.1, -0.05) is 34.8 Å². The van der Waals surface area contributed by atoms with Crippen LogP contribution in [0.25, 0.3) is 0 Å². The highest BCUT2D eigenvalue weighted by atomic mass is 35.5. The molecule has 2 rings (SSSR count). The van der Waals surface area contributed by atoms with Crippen molar-refractivity contribution in [2.24, 2.45) is 5.14 Å². The van der Waals surface area contributed by atoms with Gasteiger partial charge in [0.2, 0.25) is 10.0 Å². The second-order valence-electron chi connectivity index (χ2n) is 4.39. The summed E-state index contributed by atoms with van der Waals surface area (Å²) < 4.78 is 22.3. The molecule has 1 amide bonds. The topological polar surface area (TPSA) is 101 Å². The number of nitrogens with two attached hydrogens (primary N) is 1. The third-order valence-electron chi connectivity index (χ3n) is 2.75. The van der Waals surface area contributed by atoms with Crippen molar-refractivity contribution in [1.82, 2.24) is 5.43 Å². The number of sulfonamides is 1. The first-order valence-corrected chi connectivity index (χ1v) is 8.70. The Morgan fingerprint density at radius 2 is 1.52 bits per heavy atom. The first-order valence-electron chi connectivity index (χ1n) is 6.02. The summed E-state index contributed by atoms with van der Waals surface area (Å²) in [5, 5.41) is 5.80. The Morgan fingerprint density at radius 1 is 1.00 bits per heavy atom. The maximum atomic E-state index is 12.0. The number of carbonyl (C=O) groups excluding carboxylic acids is 1. The molecule has 0 heterocycles. The van der Waals surface area contributed by atoms with Gasteiger partial charge in [-0.3, -0.25) is 15.6 Å². The maximum absolute atomic E-state index is 12.0. The van der Waals surface area contributed by atoms with Gasteiger partial charge in [-0.15, -0.1) is 0 Å². The molecular weight excluding hydrogens is 385 g/mol. The highest BCUT2D eigenvalue weighted by molar-refractivity contribution is 7.89. The van der Waals surface area contributed by atoms with E-state index < -0.39 is 15.9 Å². The zero-order valence-corrected chi connectivity index (χ0v) is 14.4. The van der Waals surface area contributed by atoms with E-state index in [1.165, 1.54) is 36.4 Å². The van der Waals surface area contributed by atoms with E-state index >= 15 is 0 Å². The molecule has 10 heteroatoms. The largest absolute Gasteiger partial charge is 0.295 e. The summed E-state index contributed by atoms with van der Waals surface area (Å²) in [4.78, 5) is 11.9. The van der Waals surface area contributed by atoms with Crippen LogP contribution in [0.15, 0.2) is 41.3 Å². The lowest BCUT2D eigenvalue weighted by Crippen LogP contribution is -2.29. The number of benzene rings is 2. The van der Waals surface area contributed by atoms with Crippen LogP contribution in [0.1, 0.15) is 10.4 Å². The number of amides is 1. The predicted octanol–water partition coefficient (Wildman–Crippen LogP) is 3.05. The Labute approximate surface area is 147 Å². The van der Waals surface area contributed by atoms with Gasteiger partial charge in [-0.25, -0.2) is 13.6 Å². The van der Waals surface area contributed by atoms with Gasteiger partial charge in [0.15, 0.2) is 0 Å². The highest BCUT2D eigenvalue weighted by Gasteiger charge is 2.12. The van der Waals surface area contributed by atoms with Crippen LogP contribution >= 0.6 is 34.8 Å². The molecule has 0 unspecified atom stereocenters. The molecule has 0 aromatic heterocycles. The van der Waals surface area contributed by atoms with Crippen LogP contribution in [-0.2, 0) is 10.0 Å². The number of halogens is 3. The first kappa shape index (κ1) is 17.8. The molecule has 0 aliphatic heterocycles. The molecule has 0 radical (unpaired) electrons. The lowest BCUT2D eigenvalue weighted by molar-refractivity contribution is 0.0962. The van der Waals surface area contributed by atoms with Gasteiger partial charge in [-0.2, -0.15) is 0 Å². The van der Waals surface area contributed by atoms with Crippen LogP contribution in [-0.4, -0.2) is 14.3 Å². The number of hydrazine groups is 1. The van der Waals surface area contributed by atoms with E-state index in [4.69, 9.17) is 39.9 Å². The Bertz CT molecular complexity index is 832. The van der Waals surface area contributed by atoms with Crippen molar-refractivity contribution < 1.29 is 13.2 Å². The van der Waals surface area contributed by atoms with Crippen LogP contribution < -0.4 is 16.0 Å². The van der Waals surface area contributed by atoms with Crippen LogP contribution in [0.5, 0.6) is 0 Å². The number of hydrogen-bond donors (Lipinski definition) is 3. The summed E-state index contributed by atoms with van der Waals surface area (Å²) in [7, 11) is -3.81. The maximum Gasteiger partial charge on any atom is 0.269 e. The molecule has 2 aromatic carbocycles. The fourth-order valence-electron chi connectivity index (χ4n) is 1.65. The van der Waals surface area contributed by atoms with E-state index in [-0.39, 0.29) is 26.2 Å². The minimum absolute atomic E-state index is 0.0919. The van der Waals surface area contributed by atoms with Gasteiger partial charge >= 0.3 is 0 Å². The normalized spacial score (nSPS) is 11.1. The fourth-order valence-corrected chi connectivity index (χ4v) is 3.08. The van der Waals surface area contributed by atoms with Crippen molar-refractivity contribution in [2.45, 2.75) is 4.90 Å². The average molecular weight is 395 g/mol. The lowest BCUT2D eigenvalue weighted by atomic mass is 10.2. The summed E-state index contributed by atoms with van der Waals surface area (Å²) in [6.07, 6.45) is 0. The number of anilines is 1. The summed E-state index contributed by atoms with van der Waals surface area (Å²) in [6, 6.07) is 8.03. The van der Waals surface area contributed by atoms with E-state index in [0.29, 0.717) is 5.02 Å². The monoisotopic (exact) mass is 393 g/mol. The number of rotatable bonds is 4. The van der Waals surface area contributed by atoms with Crippen molar-refractivity contribution in [3.63, 3.8) is 0 Å². The third kappa shape index (κ3) is 4.49. The molecule has 122 valence electrons. The molecule has 23 heavy (non-hydrogen) atoms. The number of carbonyl (C=O) groups is 1. The molecule has 0 spiro atoms. The summed E-state index contributed by atoms with van der Waals surface area (Å²) >= 11 is 17.7. The molecule has 0 aliphatic carbocycles. The smallest absolute Gasteiger partial charge is 0.269 e. The van der Waals surface area contributed by atoms with Gasteiger partial charge < -0.3 is 0 Å². The number of nitrogens with one attached hydrogen (secondary N) is 2. The summed E-state index contributed by atoms with van der Waals surface area (Å²) in [5.41, 5.74) is 5.48. The first-order chi connectivity index (χ1) is 10.7. The quantitative estimate of drug-likeness (QED) is 0.694. The van der Waals surface area contributed by atoms with E-state index in [2.05, 4.69) is 10.9 Å². The van der Waals surface area contributed by atoms with Crippen molar-refractivity contribution in [1.29, 1.82) is 0 Å². The molecular formula is C13H10Cl3N3O3S. The minimum Gasteiger partial charge on any atom is -0.295 e. The Balaban J connectivity index is 2.11. The molecule has 6 nitrogen and oxygen atoms in total. The van der Waals surface area contributed by atoms with Crippen molar-refractivity contribution in [3.05, 3.63) is 57.0 Å². The van der Waals surface area contributed by atoms with E-state index in [1.807, 2.05) is 0 Å². The van der Waals surface area contributed by atoms with Gasteiger partial charge in [0.25, 0.3) is 5.91 Å². The van der Waals surface area contributed by atoms with Gasteiger partial charge in [0.05, 0.1) is 20.6 Å². The molecule has 0 atom stereocenters. The number of hydrogen-bond acceptors (Lipinski definition) is 4. The summed E-state index contributed by atoms with van der Waals surface area (Å²) in [5.74, 6) is -0.520. The molecule has 2 aromatic rings. The van der Waals surface area contributed by atoms with Crippen LogP contribution in [0.3, 0.4) is 0 Å². The molecule has 4 N–H and O–H groups in total. The van der Waals surface area contributed by atoms with Crippen LogP contribution in [0.2, 0.25) is 15.1 Å². The molecule has 0 fully saturated rings. The zero-order chi connectivity index (χ0) is 17.2. The minimum atomic E-state index is -3.81. The Kier molecular flexibility index (Phi) is 5.38. The van der Waals surface area contributed by atoms with E-state index in [0.717, 1.165) is 0 Å². The standard InChI is InChI=1S/C13H10Cl3N3O3S/c14-8-5-10(15)12(11(16)6-8)18-19-13(20)7-1-3-9(4-2-7)23(17,21)22/h1-6,18H,(H,19,20)(H2,17,21,22). The molecule has 0 saturated carbocycles. The molecule has 0 saturated heterocycles. The van der Waals surface area contributed by atoms with E-state index in [9.17, 15) is 13.2 Å². The van der Waals surface area contributed by atoms with Gasteiger partial charge in [0, 0.05) is 10.6 Å². The molecule has 0 bridgehead atoms. The Hall–Kier alpha value is -1.51. The van der Waals surface area contributed by atoms with Crippen LogP contribution in [0.4, 0.5) is 5.69 Å². The van der Waals surface area contributed by atoms with Crippen molar-refractivity contribution in [2.75, 3.05) is 5.43 Å². The lowest BCUT2D eigenvalue weighted by Gasteiger charge is -2.12. The van der Waals surface area contributed by atoms with Gasteiger partial charge in [0.1, 0.15) is 0 Å². The van der Waals surface area contributed by atoms with E-state index in [1.54, 1.807) is 0 Å². The molecule has 0 aliphatic rings. The second kappa shape index (κ2) is 6.94. The van der Waals surface area contributed by atoms with Gasteiger partial charge in [-0.05, 0) is 36.4 Å². The predicted molar refractivity (Wildman–Crippen MR) is 90.4 cm³/mol. The number of primary sulfonamides is 1. The Morgan fingerprint density at radius 3 is 2.00 bits per heavy atom. The third-order valence-corrected chi connectivity index (χ3v) is 4.50. The fraction of sp³-hybridized carbons (Fsp3) is 0. The second-order valence-corrected chi connectivity index (χ2v) is 7.21. The highest BCUT2D eigenvalue weighted by Crippen LogP contribution is 2.33. The van der Waals surface area contributed by atoms with Crippen molar-refractivity contribution >= 4 is 56.4 Å². The summed E-state index contributed by atoms with van der Waals surface area (Å²) in [6.45, 7) is 0. The van der Waals surface area contributed by atoms with Crippen molar-refractivity contribution in [3.8, 4) is 0 Å². The zero-order valence-electron chi connectivity index (χ0n) is 11.3. The SMILES string of the molecule is NS(=O)(=O)c1ccc(C(=O)NNc2c(Cl)cc(Cl)cc2Cl)cc1. The van der Waals surface area contributed by atoms with Crippen LogP contribution in [0, 0.1) is 0 Å². The average Bonchev–Trinajstić information content (AvgIpc) is 2.45.